The third-order valence-corrected chi connectivity index (χ3v) is 9.55. The first-order chi connectivity index (χ1) is 13.2. The van der Waals surface area contributed by atoms with Crippen molar-refractivity contribution in [2.24, 2.45) is 40.4 Å². The third-order valence-electron chi connectivity index (χ3n) is 9.55. The second-order valence-electron chi connectivity index (χ2n) is 10.7. The number of aliphatic carboxylic acids is 1. The zero-order chi connectivity index (χ0) is 20.3. The van der Waals surface area contributed by atoms with Gasteiger partial charge >= 0.3 is 5.97 Å². The molecule has 0 bridgehead atoms. The van der Waals surface area contributed by atoms with Gasteiger partial charge in [-0.05, 0) is 97.0 Å². The number of carbonyl (C=O) groups excluding carboxylic acids is 1. The van der Waals surface area contributed by atoms with E-state index in [1.165, 1.54) is 25.7 Å². The topological polar surface area (TPSA) is 74.6 Å². The van der Waals surface area contributed by atoms with Crippen molar-refractivity contribution in [2.45, 2.75) is 84.7 Å². The van der Waals surface area contributed by atoms with Crippen LogP contribution in [0, 0.1) is 40.4 Å². The number of carbonyl (C=O) groups is 2. The summed E-state index contributed by atoms with van der Waals surface area (Å²) in [5.74, 6) is 2.24. The fourth-order valence-corrected chi connectivity index (χ4v) is 8.13. The molecule has 4 rings (SSSR count). The molecule has 4 aliphatic carbocycles. The van der Waals surface area contributed by atoms with Gasteiger partial charge in [-0.15, -0.1) is 0 Å². The normalized spacial score (nSPS) is 46.2. The Hall–Kier alpha value is -1.16. The molecule has 8 atom stereocenters. The van der Waals surface area contributed by atoms with Gasteiger partial charge in [0.15, 0.2) is 5.78 Å². The van der Waals surface area contributed by atoms with Crippen LogP contribution in [-0.4, -0.2) is 28.1 Å². The SMILES string of the molecule is C[C@H](CCC(=O)O)[C@H]1CC[C@H]2[C@@H]3C[C@@H](O)C4=CC(=O)CC[C@]4(C)[C@H]3CC[C@]12C. The number of aliphatic hydroxyl groups excluding tert-OH is 1. The zero-order valence-electron chi connectivity index (χ0n) is 17.6. The maximum atomic E-state index is 12.0. The number of rotatable bonds is 4. The highest BCUT2D eigenvalue weighted by atomic mass is 16.4. The van der Waals surface area contributed by atoms with Crippen molar-refractivity contribution >= 4 is 11.8 Å². The Bertz CT molecular complexity index is 697. The van der Waals surface area contributed by atoms with Crippen molar-refractivity contribution in [3.05, 3.63) is 11.6 Å². The Kier molecular flexibility index (Phi) is 5.01. The van der Waals surface area contributed by atoms with Gasteiger partial charge in [0.1, 0.15) is 0 Å². The molecule has 0 spiro atoms. The molecule has 0 aromatic rings. The van der Waals surface area contributed by atoms with Crippen molar-refractivity contribution in [1.29, 1.82) is 0 Å². The van der Waals surface area contributed by atoms with Crippen molar-refractivity contribution in [3.63, 3.8) is 0 Å². The van der Waals surface area contributed by atoms with Crippen molar-refractivity contribution in [2.75, 3.05) is 0 Å². The van der Waals surface area contributed by atoms with Gasteiger partial charge in [0.2, 0.25) is 0 Å². The molecule has 4 aliphatic rings. The molecule has 3 saturated carbocycles. The lowest BCUT2D eigenvalue weighted by Gasteiger charge is -2.59. The van der Waals surface area contributed by atoms with Crippen LogP contribution in [-0.2, 0) is 9.59 Å². The van der Waals surface area contributed by atoms with Gasteiger partial charge in [-0.3, -0.25) is 9.59 Å². The van der Waals surface area contributed by atoms with E-state index in [4.69, 9.17) is 5.11 Å². The monoisotopic (exact) mass is 388 g/mol. The van der Waals surface area contributed by atoms with Crippen LogP contribution in [0.25, 0.3) is 0 Å². The smallest absolute Gasteiger partial charge is 0.303 e. The summed E-state index contributed by atoms with van der Waals surface area (Å²) in [5.41, 5.74) is 1.25. The molecule has 0 saturated heterocycles. The minimum absolute atomic E-state index is 0.0232. The molecular formula is C24H36O4. The second kappa shape index (κ2) is 6.97. The Morgan fingerprint density at radius 1 is 1.21 bits per heavy atom. The number of hydrogen-bond acceptors (Lipinski definition) is 3. The minimum Gasteiger partial charge on any atom is -0.481 e. The van der Waals surface area contributed by atoms with Gasteiger partial charge in [0.25, 0.3) is 0 Å². The first-order valence-electron chi connectivity index (χ1n) is 11.3. The summed E-state index contributed by atoms with van der Waals surface area (Å²) in [6.45, 7) is 7.00. The van der Waals surface area contributed by atoms with Crippen LogP contribution in [0.15, 0.2) is 11.6 Å². The van der Waals surface area contributed by atoms with E-state index < -0.39 is 12.1 Å². The average molecular weight is 389 g/mol. The van der Waals surface area contributed by atoms with Gasteiger partial charge in [0, 0.05) is 12.8 Å². The van der Waals surface area contributed by atoms with Crippen molar-refractivity contribution in [1.82, 2.24) is 0 Å². The number of carboxylic acids is 1. The van der Waals surface area contributed by atoms with E-state index in [0.29, 0.717) is 36.0 Å². The molecule has 0 unspecified atom stereocenters. The fourth-order valence-electron chi connectivity index (χ4n) is 8.13. The molecule has 4 heteroatoms. The molecule has 2 N–H and O–H groups in total. The molecule has 0 aromatic heterocycles. The Labute approximate surface area is 168 Å². The van der Waals surface area contributed by atoms with Crippen LogP contribution in [0.2, 0.25) is 0 Å². The second-order valence-corrected chi connectivity index (χ2v) is 10.7. The fraction of sp³-hybridized carbons (Fsp3) is 0.833. The molecule has 156 valence electrons. The summed E-state index contributed by atoms with van der Waals surface area (Å²) >= 11 is 0. The Morgan fingerprint density at radius 3 is 2.68 bits per heavy atom. The molecule has 0 aromatic carbocycles. The van der Waals surface area contributed by atoms with Gasteiger partial charge in [-0.25, -0.2) is 0 Å². The number of ketones is 1. The van der Waals surface area contributed by atoms with E-state index in [0.717, 1.165) is 24.8 Å². The Morgan fingerprint density at radius 2 is 1.96 bits per heavy atom. The van der Waals surface area contributed by atoms with Crippen molar-refractivity contribution in [3.8, 4) is 0 Å². The average Bonchev–Trinajstić information content (AvgIpc) is 2.99. The highest BCUT2D eigenvalue weighted by Gasteiger charge is 2.60. The Balaban J connectivity index is 1.58. The molecular weight excluding hydrogens is 352 g/mol. The maximum absolute atomic E-state index is 12.0. The van der Waals surface area contributed by atoms with Crippen LogP contribution >= 0.6 is 0 Å². The minimum atomic E-state index is -0.690. The van der Waals surface area contributed by atoms with Crippen LogP contribution in [0.4, 0.5) is 0 Å². The lowest BCUT2D eigenvalue weighted by Crippen LogP contribution is -2.54. The number of carboxylic acid groups (broad SMARTS) is 1. The molecule has 0 heterocycles. The first-order valence-corrected chi connectivity index (χ1v) is 11.3. The quantitative estimate of drug-likeness (QED) is 0.738. The van der Waals surface area contributed by atoms with E-state index in [-0.39, 0.29) is 23.0 Å². The van der Waals surface area contributed by atoms with E-state index in [1.54, 1.807) is 6.08 Å². The molecule has 0 amide bonds. The molecule has 4 nitrogen and oxygen atoms in total. The van der Waals surface area contributed by atoms with E-state index in [1.807, 2.05) is 0 Å². The zero-order valence-corrected chi connectivity index (χ0v) is 17.6. The molecule has 28 heavy (non-hydrogen) atoms. The largest absolute Gasteiger partial charge is 0.481 e. The van der Waals surface area contributed by atoms with Gasteiger partial charge in [0.05, 0.1) is 6.10 Å². The number of aliphatic hydroxyl groups is 1. The van der Waals surface area contributed by atoms with E-state index in [9.17, 15) is 14.7 Å². The highest BCUT2D eigenvalue weighted by Crippen LogP contribution is 2.67. The summed E-state index contributed by atoms with van der Waals surface area (Å²) in [4.78, 5) is 23.0. The molecule has 3 fully saturated rings. The summed E-state index contributed by atoms with van der Waals surface area (Å²) in [5, 5.41) is 20.1. The predicted molar refractivity (Wildman–Crippen MR) is 108 cm³/mol. The number of hydrogen-bond donors (Lipinski definition) is 2. The maximum Gasteiger partial charge on any atom is 0.303 e. The van der Waals surface area contributed by atoms with E-state index >= 15 is 0 Å². The van der Waals surface area contributed by atoms with Gasteiger partial charge in [-0.1, -0.05) is 20.8 Å². The van der Waals surface area contributed by atoms with Gasteiger partial charge < -0.3 is 10.2 Å². The summed E-state index contributed by atoms with van der Waals surface area (Å²) in [6, 6.07) is 0. The van der Waals surface area contributed by atoms with E-state index in [2.05, 4.69) is 20.8 Å². The first kappa shape index (κ1) is 20.1. The van der Waals surface area contributed by atoms with Gasteiger partial charge in [-0.2, -0.15) is 0 Å². The lowest BCUT2D eigenvalue weighted by molar-refractivity contribution is -0.137. The predicted octanol–water partition coefficient (Wildman–Crippen LogP) is 4.61. The molecule has 0 aliphatic heterocycles. The lowest BCUT2D eigenvalue weighted by atomic mass is 9.46. The highest BCUT2D eigenvalue weighted by molar-refractivity contribution is 5.91. The summed E-state index contributed by atoms with van der Waals surface area (Å²) in [7, 11) is 0. The molecule has 0 radical (unpaired) electrons. The van der Waals surface area contributed by atoms with Crippen molar-refractivity contribution < 1.29 is 19.8 Å². The van der Waals surface area contributed by atoms with Crippen LogP contribution < -0.4 is 0 Å². The van der Waals surface area contributed by atoms with Crippen LogP contribution in [0.3, 0.4) is 0 Å². The summed E-state index contributed by atoms with van der Waals surface area (Å²) < 4.78 is 0. The number of fused-ring (bicyclic) bond motifs is 5. The summed E-state index contributed by atoms with van der Waals surface area (Å²) in [6.07, 6.45) is 9.42. The third kappa shape index (κ3) is 2.98. The standard InChI is InChI=1S/C24H36O4/c1-14(4-7-22(27)28)17-5-6-18-16-13-21(26)20-12-15(25)8-10-24(20,3)19(16)9-11-23(17,18)2/h12,14,16-19,21,26H,4-11,13H2,1-3H3,(H,27,28)/t14-,16+,17-,18+,19+,21-,23-,24-/m1/s1. The van der Waals surface area contributed by atoms with Crippen LogP contribution in [0.5, 0.6) is 0 Å². The van der Waals surface area contributed by atoms with Crippen LogP contribution in [0.1, 0.15) is 78.6 Å².